The summed E-state index contributed by atoms with van der Waals surface area (Å²) in [7, 11) is 0. The van der Waals surface area contributed by atoms with Crippen LogP contribution in [0, 0.1) is 57.7 Å². The van der Waals surface area contributed by atoms with Crippen LogP contribution in [0.3, 0.4) is 0 Å². The fourth-order valence-corrected chi connectivity index (χ4v) is 8.98. The second-order valence-electron chi connectivity index (χ2n) is 12.0. The fourth-order valence-electron chi connectivity index (χ4n) is 8.98. The fraction of sp³-hybridized carbons (Fsp3) is 0.815. The van der Waals surface area contributed by atoms with Crippen molar-refractivity contribution in [3.8, 4) is 6.07 Å². The maximum atomic E-state index is 13.5. The molecule has 168 valence electrons. The Bertz CT molecular complexity index is 883. The van der Waals surface area contributed by atoms with E-state index < -0.39 is 0 Å². The predicted octanol–water partition coefficient (Wildman–Crippen LogP) is 6.01. The van der Waals surface area contributed by atoms with Crippen LogP contribution in [-0.4, -0.2) is 15.6 Å². The summed E-state index contributed by atoms with van der Waals surface area (Å²) >= 11 is 0. The molecule has 4 heteroatoms. The van der Waals surface area contributed by atoms with Crippen molar-refractivity contribution in [2.24, 2.45) is 46.3 Å². The van der Waals surface area contributed by atoms with Gasteiger partial charge >= 0.3 is 0 Å². The number of ketones is 1. The molecule has 0 saturated heterocycles. The molecule has 0 radical (unpaired) electrons. The van der Waals surface area contributed by atoms with Gasteiger partial charge in [0, 0.05) is 12.1 Å². The van der Waals surface area contributed by atoms with E-state index in [0.717, 1.165) is 30.1 Å². The summed E-state index contributed by atoms with van der Waals surface area (Å²) in [5.74, 6) is 4.72. The smallest absolute Gasteiger partial charge is 0.162 e. The molecule has 4 fully saturated rings. The lowest BCUT2D eigenvalue weighted by atomic mass is 9.41. The lowest BCUT2D eigenvalue weighted by Crippen LogP contribution is -2.57. The summed E-state index contributed by atoms with van der Waals surface area (Å²) < 4.78 is 1.68. The first-order valence-corrected chi connectivity index (χ1v) is 12.8. The normalized spacial score (nSPS) is 44.5. The van der Waals surface area contributed by atoms with E-state index in [1.165, 1.54) is 57.8 Å². The summed E-state index contributed by atoms with van der Waals surface area (Å²) in [4.78, 5) is 13.5. The highest BCUT2D eigenvalue weighted by atomic mass is 16.1. The van der Waals surface area contributed by atoms with Crippen LogP contribution in [0.4, 0.5) is 0 Å². The molecular formula is C27H39N3O. The Balaban J connectivity index is 1.36. The largest absolute Gasteiger partial charge is 0.297 e. The van der Waals surface area contributed by atoms with Gasteiger partial charge in [0.25, 0.3) is 0 Å². The van der Waals surface area contributed by atoms with Crippen molar-refractivity contribution >= 4 is 5.78 Å². The Labute approximate surface area is 187 Å². The zero-order chi connectivity index (χ0) is 21.8. The molecule has 0 N–H and O–H groups in total. The van der Waals surface area contributed by atoms with Crippen LogP contribution in [0.1, 0.15) is 90.7 Å². The lowest BCUT2D eigenvalue weighted by molar-refractivity contribution is -0.157. The van der Waals surface area contributed by atoms with E-state index in [-0.39, 0.29) is 11.3 Å². The van der Waals surface area contributed by atoms with Gasteiger partial charge in [-0.05, 0) is 97.9 Å². The molecule has 1 aromatic heterocycles. The zero-order valence-electron chi connectivity index (χ0n) is 19.6. The van der Waals surface area contributed by atoms with E-state index in [4.69, 9.17) is 5.26 Å². The molecule has 4 nitrogen and oxygen atoms in total. The van der Waals surface area contributed by atoms with Crippen molar-refractivity contribution in [1.29, 1.82) is 5.26 Å². The first-order valence-electron chi connectivity index (χ1n) is 12.8. The van der Waals surface area contributed by atoms with E-state index in [9.17, 15) is 4.79 Å². The average Bonchev–Trinajstić information content (AvgIpc) is 3.20. The molecule has 4 aliphatic carbocycles. The molecular weight excluding hydrogens is 382 g/mol. The van der Waals surface area contributed by atoms with Gasteiger partial charge in [-0.2, -0.15) is 10.4 Å². The Kier molecular flexibility index (Phi) is 5.31. The topological polar surface area (TPSA) is 58.7 Å². The number of aromatic nitrogens is 2. The maximum Gasteiger partial charge on any atom is 0.162 e. The van der Waals surface area contributed by atoms with Crippen molar-refractivity contribution in [1.82, 2.24) is 9.78 Å². The van der Waals surface area contributed by atoms with Crippen molar-refractivity contribution in [3.63, 3.8) is 0 Å². The standard InChI is InChI=1S/C27H39N3O/c1-18-9-12-26(2)19(15-18)7-8-21-22-5-4-6-24(27(22,3)13-10-23(21)26)25(31)17-30-14-11-20(16-28)29-30/h11,14,18-19,21-24H,4-10,12-13,15,17H2,1-3H3/t18-,19?,21-,22?,23?,24+,26-,27-/m0/s1. The molecule has 4 aliphatic rings. The summed E-state index contributed by atoms with van der Waals surface area (Å²) in [6, 6.07) is 3.77. The van der Waals surface area contributed by atoms with Gasteiger partial charge in [-0.1, -0.05) is 33.6 Å². The van der Waals surface area contributed by atoms with Gasteiger partial charge in [0.2, 0.25) is 0 Å². The van der Waals surface area contributed by atoms with Gasteiger partial charge in [0.05, 0.1) is 6.54 Å². The molecule has 8 atom stereocenters. The Morgan fingerprint density at radius 3 is 2.68 bits per heavy atom. The Morgan fingerprint density at radius 2 is 1.90 bits per heavy atom. The van der Waals surface area contributed by atoms with E-state index in [2.05, 4.69) is 31.9 Å². The lowest BCUT2D eigenvalue weighted by Gasteiger charge is -2.63. The molecule has 1 aromatic rings. The highest BCUT2D eigenvalue weighted by Crippen LogP contribution is 2.66. The number of fused-ring (bicyclic) bond motifs is 5. The molecule has 3 unspecified atom stereocenters. The minimum Gasteiger partial charge on any atom is -0.297 e. The highest BCUT2D eigenvalue weighted by Gasteiger charge is 2.59. The van der Waals surface area contributed by atoms with Crippen LogP contribution in [0.5, 0.6) is 0 Å². The average molecular weight is 422 g/mol. The van der Waals surface area contributed by atoms with Gasteiger partial charge in [-0.15, -0.1) is 0 Å². The van der Waals surface area contributed by atoms with Crippen molar-refractivity contribution in [2.75, 3.05) is 0 Å². The Morgan fingerprint density at radius 1 is 1.13 bits per heavy atom. The maximum absolute atomic E-state index is 13.5. The molecule has 31 heavy (non-hydrogen) atoms. The third-order valence-corrected chi connectivity index (χ3v) is 10.6. The van der Waals surface area contributed by atoms with Crippen molar-refractivity contribution in [2.45, 2.75) is 91.5 Å². The molecule has 1 heterocycles. The quantitative estimate of drug-likeness (QED) is 0.600. The van der Waals surface area contributed by atoms with Crippen LogP contribution in [-0.2, 0) is 11.3 Å². The number of nitriles is 1. The van der Waals surface area contributed by atoms with Crippen LogP contribution < -0.4 is 0 Å². The molecule has 0 amide bonds. The van der Waals surface area contributed by atoms with Gasteiger partial charge in [0.15, 0.2) is 11.5 Å². The molecule has 5 rings (SSSR count). The van der Waals surface area contributed by atoms with Crippen molar-refractivity contribution < 1.29 is 4.79 Å². The third-order valence-electron chi connectivity index (χ3n) is 10.6. The van der Waals surface area contributed by atoms with E-state index >= 15 is 0 Å². The third kappa shape index (κ3) is 3.38. The first kappa shape index (κ1) is 21.2. The number of Topliss-reactive ketones (excluding diaryl/α,β-unsaturated/α-hetero) is 1. The van der Waals surface area contributed by atoms with Crippen LogP contribution in [0.15, 0.2) is 12.3 Å². The number of hydrogen-bond acceptors (Lipinski definition) is 3. The summed E-state index contributed by atoms with van der Waals surface area (Å²) in [6.45, 7) is 7.87. The SMILES string of the molecule is C[C@H]1CC[C@@]2(C)C(CC[C@@H]3C2CC[C@@]2(C)C3CCC[C@@H]2C(=O)Cn2ccc(C#N)n2)C1. The van der Waals surface area contributed by atoms with Gasteiger partial charge in [-0.3, -0.25) is 9.48 Å². The summed E-state index contributed by atoms with van der Waals surface area (Å²) in [5.41, 5.74) is 1.08. The number of hydrogen-bond donors (Lipinski definition) is 0. The molecule has 4 saturated carbocycles. The number of nitrogens with zero attached hydrogens (tertiary/aromatic N) is 3. The highest BCUT2D eigenvalue weighted by molar-refractivity contribution is 5.81. The van der Waals surface area contributed by atoms with Gasteiger partial charge < -0.3 is 0 Å². The minimum atomic E-state index is 0.146. The van der Waals surface area contributed by atoms with E-state index in [0.29, 0.717) is 29.4 Å². The Hall–Kier alpha value is -1.63. The van der Waals surface area contributed by atoms with Gasteiger partial charge in [-0.25, -0.2) is 0 Å². The molecule has 0 aromatic carbocycles. The van der Waals surface area contributed by atoms with E-state index in [1.807, 2.05) is 0 Å². The second kappa shape index (κ2) is 7.75. The number of rotatable bonds is 3. The zero-order valence-corrected chi connectivity index (χ0v) is 19.6. The number of carbonyl (C=O) groups is 1. The first-order chi connectivity index (χ1) is 14.8. The molecule has 0 bridgehead atoms. The summed E-state index contributed by atoms with van der Waals surface area (Å²) in [5, 5.41) is 13.3. The minimum absolute atomic E-state index is 0.146. The molecule has 0 spiro atoms. The summed E-state index contributed by atoms with van der Waals surface area (Å²) in [6.07, 6.45) is 14.9. The predicted molar refractivity (Wildman–Crippen MR) is 121 cm³/mol. The monoisotopic (exact) mass is 421 g/mol. The number of carbonyl (C=O) groups excluding carboxylic acids is 1. The van der Waals surface area contributed by atoms with Crippen LogP contribution in [0.25, 0.3) is 0 Å². The van der Waals surface area contributed by atoms with Crippen molar-refractivity contribution in [3.05, 3.63) is 18.0 Å². The van der Waals surface area contributed by atoms with Crippen LogP contribution >= 0.6 is 0 Å². The molecule has 0 aliphatic heterocycles. The van der Waals surface area contributed by atoms with Gasteiger partial charge in [0.1, 0.15) is 6.07 Å². The van der Waals surface area contributed by atoms with E-state index in [1.54, 1.807) is 16.9 Å². The van der Waals surface area contributed by atoms with Crippen LogP contribution in [0.2, 0.25) is 0 Å². The second-order valence-corrected chi connectivity index (χ2v) is 12.0.